The molecular weight excluding hydrogens is 275 g/mol. The zero-order valence-corrected chi connectivity index (χ0v) is 12.0. The first-order valence-electron chi connectivity index (χ1n) is 6.61. The van der Waals surface area contributed by atoms with Gasteiger partial charge in [-0.15, -0.1) is 5.10 Å². The first-order valence-corrected chi connectivity index (χ1v) is 6.61. The zero-order chi connectivity index (χ0) is 15.4. The van der Waals surface area contributed by atoms with E-state index in [4.69, 9.17) is 10.5 Å². The summed E-state index contributed by atoms with van der Waals surface area (Å²) in [5.41, 5.74) is 7.98. The van der Waals surface area contributed by atoms with Crippen molar-refractivity contribution in [2.75, 3.05) is 6.61 Å². The summed E-state index contributed by atoms with van der Waals surface area (Å²) in [5, 5.41) is 7.77. The van der Waals surface area contributed by atoms with Crippen molar-refractivity contribution in [3.8, 4) is 0 Å². The van der Waals surface area contributed by atoms with Crippen molar-refractivity contribution in [2.24, 2.45) is 5.73 Å². The van der Waals surface area contributed by atoms with E-state index < -0.39 is 5.97 Å². The number of nitrogens with two attached hydrogens (primary N) is 1. The number of aryl methyl sites for hydroxylation is 1. The highest BCUT2D eigenvalue weighted by molar-refractivity contribution is 5.88. The number of nitrogens with zero attached hydrogens (tertiary/aromatic N) is 3. The fraction of sp³-hybridized carbons (Fsp3) is 0.357. The number of hydrogen-bond acceptors (Lipinski definition) is 5. The molecule has 0 saturated heterocycles. The van der Waals surface area contributed by atoms with E-state index in [1.807, 2.05) is 6.92 Å². The van der Waals surface area contributed by atoms with E-state index in [0.29, 0.717) is 12.2 Å². The Hall–Kier alpha value is -2.28. The van der Waals surface area contributed by atoms with Gasteiger partial charge in [-0.25, -0.2) is 13.9 Å². The molecule has 0 radical (unpaired) electrons. The zero-order valence-electron chi connectivity index (χ0n) is 12.0. The number of carbonyl (C=O) groups is 1. The number of halogens is 1. The summed E-state index contributed by atoms with van der Waals surface area (Å²) < 4.78 is 19.6. The third-order valence-corrected chi connectivity index (χ3v) is 3.12. The summed E-state index contributed by atoms with van der Waals surface area (Å²) in [5.74, 6) is -0.832. The van der Waals surface area contributed by atoms with Gasteiger partial charge >= 0.3 is 5.97 Å². The second-order valence-corrected chi connectivity index (χ2v) is 4.54. The van der Waals surface area contributed by atoms with E-state index in [2.05, 4.69) is 10.3 Å². The maximum absolute atomic E-state index is 13.1. The van der Waals surface area contributed by atoms with Crippen LogP contribution in [0, 0.1) is 12.7 Å². The van der Waals surface area contributed by atoms with Crippen LogP contribution < -0.4 is 5.73 Å². The van der Waals surface area contributed by atoms with E-state index in [0.717, 1.165) is 11.1 Å². The van der Waals surface area contributed by atoms with Crippen molar-refractivity contribution in [1.29, 1.82) is 0 Å². The van der Waals surface area contributed by atoms with Crippen molar-refractivity contribution in [2.45, 2.75) is 26.9 Å². The van der Waals surface area contributed by atoms with E-state index in [1.165, 1.54) is 16.8 Å². The van der Waals surface area contributed by atoms with Gasteiger partial charge in [0, 0.05) is 6.54 Å². The lowest BCUT2D eigenvalue weighted by Crippen LogP contribution is -2.15. The summed E-state index contributed by atoms with van der Waals surface area (Å²) in [4.78, 5) is 11.8. The predicted molar refractivity (Wildman–Crippen MR) is 74.1 cm³/mol. The molecule has 0 unspecified atom stereocenters. The van der Waals surface area contributed by atoms with Crippen LogP contribution in [0.5, 0.6) is 0 Å². The summed E-state index contributed by atoms with van der Waals surface area (Å²) in [6.07, 6.45) is 0. The van der Waals surface area contributed by atoms with E-state index in [1.54, 1.807) is 13.0 Å². The van der Waals surface area contributed by atoms with Gasteiger partial charge in [-0.1, -0.05) is 11.3 Å². The summed E-state index contributed by atoms with van der Waals surface area (Å²) in [6, 6.07) is 4.50. The third-order valence-electron chi connectivity index (χ3n) is 3.12. The Balaban J connectivity index is 2.30. The summed E-state index contributed by atoms with van der Waals surface area (Å²) in [6.45, 7) is 4.26. The molecule has 1 aromatic heterocycles. The molecule has 0 saturated carbocycles. The minimum absolute atomic E-state index is 0.112. The number of benzene rings is 1. The Morgan fingerprint density at radius 2 is 2.24 bits per heavy atom. The van der Waals surface area contributed by atoms with Crippen LogP contribution in [0.4, 0.5) is 4.39 Å². The van der Waals surface area contributed by atoms with Gasteiger partial charge in [0.15, 0.2) is 5.69 Å². The fourth-order valence-electron chi connectivity index (χ4n) is 2.02. The number of esters is 1. The molecule has 21 heavy (non-hydrogen) atoms. The molecular formula is C14H17FN4O2. The van der Waals surface area contributed by atoms with Crippen LogP contribution >= 0.6 is 0 Å². The number of aromatic nitrogens is 3. The summed E-state index contributed by atoms with van der Waals surface area (Å²) in [7, 11) is 0. The maximum atomic E-state index is 13.1. The Morgan fingerprint density at radius 1 is 1.48 bits per heavy atom. The average Bonchev–Trinajstić information content (AvgIpc) is 2.85. The quantitative estimate of drug-likeness (QED) is 0.842. The van der Waals surface area contributed by atoms with Crippen LogP contribution in [-0.2, 0) is 17.8 Å². The highest BCUT2D eigenvalue weighted by Crippen LogP contribution is 2.14. The van der Waals surface area contributed by atoms with Crippen molar-refractivity contribution in [1.82, 2.24) is 15.0 Å². The standard InChI is InChI=1S/C14H17FN4O2/c1-3-21-14(20)13-12(7-16)19(18-17-13)8-10-4-5-11(15)6-9(10)2/h4-6H,3,7-8,16H2,1-2H3. The van der Waals surface area contributed by atoms with Gasteiger partial charge in [-0.3, -0.25) is 0 Å². The lowest BCUT2D eigenvalue weighted by molar-refractivity contribution is 0.0518. The highest BCUT2D eigenvalue weighted by Gasteiger charge is 2.20. The summed E-state index contributed by atoms with van der Waals surface area (Å²) >= 11 is 0. The smallest absolute Gasteiger partial charge is 0.360 e. The van der Waals surface area contributed by atoms with Gasteiger partial charge < -0.3 is 10.5 Å². The molecule has 0 fully saturated rings. The van der Waals surface area contributed by atoms with Crippen LogP contribution in [0.25, 0.3) is 0 Å². The van der Waals surface area contributed by atoms with Crippen LogP contribution in [0.2, 0.25) is 0 Å². The van der Waals surface area contributed by atoms with Crippen molar-refractivity contribution < 1.29 is 13.9 Å². The molecule has 0 spiro atoms. The Labute approximate surface area is 121 Å². The average molecular weight is 292 g/mol. The van der Waals surface area contributed by atoms with Gasteiger partial charge in [0.1, 0.15) is 5.82 Å². The molecule has 0 amide bonds. The van der Waals surface area contributed by atoms with Crippen LogP contribution in [-0.4, -0.2) is 27.6 Å². The molecule has 112 valence electrons. The second-order valence-electron chi connectivity index (χ2n) is 4.54. The minimum Gasteiger partial charge on any atom is -0.461 e. The van der Waals surface area contributed by atoms with E-state index in [-0.39, 0.29) is 24.7 Å². The number of rotatable bonds is 5. The predicted octanol–water partition coefficient (Wildman–Crippen LogP) is 1.41. The molecule has 2 N–H and O–H groups in total. The van der Waals surface area contributed by atoms with Gasteiger partial charge in [0.05, 0.1) is 18.8 Å². The molecule has 1 aromatic carbocycles. The van der Waals surface area contributed by atoms with Crippen molar-refractivity contribution >= 4 is 5.97 Å². The maximum Gasteiger partial charge on any atom is 0.360 e. The number of hydrogen-bond donors (Lipinski definition) is 1. The second kappa shape index (κ2) is 6.45. The normalized spacial score (nSPS) is 10.7. The van der Waals surface area contributed by atoms with Crippen molar-refractivity contribution in [3.05, 3.63) is 46.5 Å². The largest absolute Gasteiger partial charge is 0.461 e. The molecule has 0 atom stereocenters. The molecule has 6 nitrogen and oxygen atoms in total. The number of ether oxygens (including phenoxy) is 1. The molecule has 2 rings (SSSR count). The first-order chi connectivity index (χ1) is 10.1. The van der Waals surface area contributed by atoms with E-state index in [9.17, 15) is 9.18 Å². The van der Waals surface area contributed by atoms with Crippen LogP contribution in [0.15, 0.2) is 18.2 Å². The molecule has 0 aliphatic heterocycles. The molecule has 0 bridgehead atoms. The van der Waals surface area contributed by atoms with Crippen LogP contribution in [0.1, 0.15) is 34.2 Å². The lowest BCUT2D eigenvalue weighted by Gasteiger charge is -2.08. The highest BCUT2D eigenvalue weighted by atomic mass is 19.1. The Morgan fingerprint density at radius 3 is 2.86 bits per heavy atom. The molecule has 2 aromatic rings. The van der Waals surface area contributed by atoms with Crippen LogP contribution in [0.3, 0.4) is 0 Å². The Kier molecular flexibility index (Phi) is 4.64. The van der Waals surface area contributed by atoms with E-state index >= 15 is 0 Å². The lowest BCUT2D eigenvalue weighted by atomic mass is 10.1. The van der Waals surface area contributed by atoms with Gasteiger partial charge in [-0.2, -0.15) is 0 Å². The molecule has 7 heteroatoms. The third kappa shape index (κ3) is 3.25. The monoisotopic (exact) mass is 292 g/mol. The number of carbonyl (C=O) groups excluding carboxylic acids is 1. The topological polar surface area (TPSA) is 83.0 Å². The van der Waals surface area contributed by atoms with Gasteiger partial charge in [0.25, 0.3) is 0 Å². The Bertz CT molecular complexity index is 654. The molecule has 0 aliphatic rings. The first kappa shape index (κ1) is 15.1. The van der Waals surface area contributed by atoms with Gasteiger partial charge in [0.2, 0.25) is 0 Å². The molecule has 1 heterocycles. The SMILES string of the molecule is CCOC(=O)c1nnn(Cc2ccc(F)cc2C)c1CN. The van der Waals surface area contributed by atoms with Gasteiger partial charge in [-0.05, 0) is 37.1 Å². The fourth-order valence-corrected chi connectivity index (χ4v) is 2.02. The minimum atomic E-state index is -0.542. The molecule has 0 aliphatic carbocycles. The van der Waals surface area contributed by atoms with Crippen molar-refractivity contribution in [3.63, 3.8) is 0 Å².